The van der Waals surface area contributed by atoms with Gasteiger partial charge >= 0.3 is 0 Å². The molecule has 0 amide bonds. The number of carbonyl (C=O) groups is 1. The van der Waals surface area contributed by atoms with Gasteiger partial charge in [-0.2, -0.15) is 0 Å². The van der Waals surface area contributed by atoms with Gasteiger partial charge in [-0.25, -0.2) is 0 Å². The smallest absolute Gasteiger partial charge is 0.182 e. The number of benzene rings is 1. The summed E-state index contributed by atoms with van der Waals surface area (Å²) in [5.74, 6) is 0.0937. The van der Waals surface area contributed by atoms with Gasteiger partial charge in [-0.1, -0.05) is 23.8 Å². The van der Waals surface area contributed by atoms with Crippen LogP contribution in [0, 0.1) is 6.92 Å². The minimum Gasteiger partial charge on any atom is -0.319 e. The van der Waals surface area contributed by atoms with Crippen molar-refractivity contribution in [3.8, 4) is 0 Å². The van der Waals surface area contributed by atoms with Crippen molar-refractivity contribution in [2.24, 2.45) is 5.73 Å². The molecule has 1 aliphatic rings. The maximum atomic E-state index is 11.8. The second-order valence-electron chi connectivity index (χ2n) is 3.85. The largest absolute Gasteiger partial charge is 0.319 e. The molecule has 1 aromatic rings. The van der Waals surface area contributed by atoms with Crippen molar-refractivity contribution in [2.45, 2.75) is 25.3 Å². The van der Waals surface area contributed by atoms with Crippen molar-refractivity contribution in [3.05, 3.63) is 35.4 Å². The van der Waals surface area contributed by atoms with E-state index in [-0.39, 0.29) is 5.78 Å². The zero-order chi connectivity index (χ0) is 9.47. The molecule has 13 heavy (non-hydrogen) atoms. The van der Waals surface area contributed by atoms with E-state index >= 15 is 0 Å². The van der Waals surface area contributed by atoms with E-state index in [1.807, 2.05) is 31.2 Å². The Morgan fingerprint density at radius 1 is 1.46 bits per heavy atom. The van der Waals surface area contributed by atoms with E-state index in [0.717, 1.165) is 24.0 Å². The molecule has 0 aliphatic heterocycles. The van der Waals surface area contributed by atoms with Gasteiger partial charge < -0.3 is 5.73 Å². The molecule has 2 N–H and O–H groups in total. The van der Waals surface area contributed by atoms with Crippen LogP contribution >= 0.6 is 0 Å². The molecular weight excluding hydrogens is 162 g/mol. The Bertz CT molecular complexity index is 353. The van der Waals surface area contributed by atoms with E-state index in [9.17, 15) is 4.79 Å². The first kappa shape index (κ1) is 8.45. The maximum absolute atomic E-state index is 11.8. The lowest BCUT2D eigenvalue weighted by Gasteiger charge is -2.07. The molecule has 0 heterocycles. The molecule has 0 radical (unpaired) electrons. The van der Waals surface area contributed by atoms with Gasteiger partial charge in [0.25, 0.3) is 0 Å². The minimum absolute atomic E-state index is 0.0937. The van der Waals surface area contributed by atoms with Crippen molar-refractivity contribution in [2.75, 3.05) is 0 Å². The number of aryl methyl sites for hydroxylation is 1. The molecule has 1 aromatic carbocycles. The van der Waals surface area contributed by atoms with Crippen molar-refractivity contribution in [1.82, 2.24) is 0 Å². The van der Waals surface area contributed by atoms with Crippen LogP contribution in [0.15, 0.2) is 24.3 Å². The Morgan fingerprint density at radius 2 is 2.15 bits per heavy atom. The van der Waals surface area contributed by atoms with E-state index in [2.05, 4.69) is 0 Å². The highest BCUT2D eigenvalue weighted by atomic mass is 16.1. The first-order chi connectivity index (χ1) is 6.12. The second-order valence-corrected chi connectivity index (χ2v) is 3.85. The standard InChI is InChI=1S/C11H13NO/c1-8-3-2-4-9(7-8)10(13)11(12)5-6-11/h2-4,7H,5-6,12H2,1H3. The summed E-state index contributed by atoms with van der Waals surface area (Å²) in [6, 6.07) is 7.61. The topological polar surface area (TPSA) is 43.1 Å². The predicted octanol–water partition coefficient (Wildman–Crippen LogP) is 1.67. The van der Waals surface area contributed by atoms with Gasteiger partial charge in [0.2, 0.25) is 0 Å². The van der Waals surface area contributed by atoms with Crippen LogP contribution in [0.4, 0.5) is 0 Å². The van der Waals surface area contributed by atoms with Gasteiger partial charge in [0.05, 0.1) is 5.54 Å². The fraction of sp³-hybridized carbons (Fsp3) is 0.364. The molecule has 1 aliphatic carbocycles. The van der Waals surface area contributed by atoms with E-state index in [4.69, 9.17) is 5.73 Å². The SMILES string of the molecule is Cc1cccc(C(=O)C2(N)CC2)c1. The Kier molecular flexibility index (Phi) is 1.74. The molecule has 0 spiro atoms. The highest BCUT2D eigenvalue weighted by Gasteiger charge is 2.45. The Balaban J connectivity index is 2.30. The minimum atomic E-state index is -0.534. The maximum Gasteiger partial charge on any atom is 0.182 e. The molecule has 0 unspecified atom stereocenters. The van der Waals surface area contributed by atoms with Gasteiger partial charge in [0, 0.05) is 5.56 Å². The summed E-state index contributed by atoms with van der Waals surface area (Å²) < 4.78 is 0. The normalized spacial score (nSPS) is 18.3. The molecule has 0 saturated heterocycles. The number of Topliss-reactive ketones (excluding diaryl/α,β-unsaturated/α-hetero) is 1. The second kappa shape index (κ2) is 2.67. The molecule has 0 atom stereocenters. The average Bonchev–Trinajstić information content (AvgIpc) is 2.84. The molecule has 0 bridgehead atoms. The molecule has 68 valence electrons. The van der Waals surface area contributed by atoms with Crippen LogP contribution in [0.5, 0.6) is 0 Å². The van der Waals surface area contributed by atoms with Crippen LogP contribution in [-0.4, -0.2) is 11.3 Å². The first-order valence-electron chi connectivity index (χ1n) is 4.52. The summed E-state index contributed by atoms with van der Waals surface area (Å²) >= 11 is 0. The van der Waals surface area contributed by atoms with E-state index in [0.29, 0.717) is 0 Å². The summed E-state index contributed by atoms with van der Waals surface area (Å²) in [4.78, 5) is 11.8. The molecule has 1 fully saturated rings. The van der Waals surface area contributed by atoms with Gasteiger partial charge in [0.1, 0.15) is 0 Å². The van der Waals surface area contributed by atoms with Crippen LogP contribution < -0.4 is 5.73 Å². The monoisotopic (exact) mass is 175 g/mol. The number of nitrogens with two attached hydrogens (primary N) is 1. The summed E-state index contributed by atoms with van der Waals surface area (Å²) in [5.41, 5.74) is 7.15. The summed E-state index contributed by atoms with van der Waals surface area (Å²) in [5, 5.41) is 0. The third kappa shape index (κ3) is 1.49. The van der Waals surface area contributed by atoms with Crippen LogP contribution in [0.1, 0.15) is 28.8 Å². The Labute approximate surface area is 77.8 Å². The van der Waals surface area contributed by atoms with Crippen LogP contribution in [0.3, 0.4) is 0 Å². The lowest BCUT2D eigenvalue weighted by molar-refractivity contribution is 0.0949. The highest BCUT2D eigenvalue weighted by Crippen LogP contribution is 2.35. The van der Waals surface area contributed by atoms with Gasteiger partial charge in [-0.3, -0.25) is 4.79 Å². The third-order valence-electron chi connectivity index (χ3n) is 2.52. The Hall–Kier alpha value is -1.15. The average molecular weight is 175 g/mol. The molecule has 2 rings (SSSR count). The van der Waals surface area contributed by atoms with Gasteiger partial charge in [-0.05, 0) is 25.8 Å². The molecular formula is C11H13NO. The number of carbonyl (C=O) groups excluding carboxylic acids is 1. The number of ketones is 1. The molecule has 2 nitrogen and oxygen atoms in total. The predicted molar refractivity (Wildman–Crippen MR) is 51.7 cm³/mol. The van der Waals surface area contributed by atoms with Gasteiger partial charge in [-0.15, -0.1) is 0 Å². The van der Waals surface area contributed by atoms with Crippen LogP contribution in [0.2, 0.25) is 0 Å². The van der Waals surface area contributed by atoms with Crippen molar-refractivity contribution in [1.29, 1.82) is 0 Å². The van der Waals surface area contributed by atoms with Crippen molar-refractivity contribution < 1.29 is 4.79 Å². The number of hydrogen-bond donors (Lipinski definition) is 1. The number of rotatable bonds is 2. The van der Waals surface area contributed by atoms with Crippen molar-refractivity contribution >= 4 is 5.78 Å². The number of hydrogen-bond acceptors (Lipinski definition) is 2. The zero-order valence-corrected chi connectivity index (χ0v) is 7.71. The van der Waals surface area contributed by atoms with Crippen molar-refractivity contribution in [3.63, 3.8) is 0 Å². The molecule has 2 heteroatoms. The van der Waals surface area contributed by atoms with Crippen LogP contribution in [-0.2, 0) is 0 Å². The van der Waals surface area contributed by atoms with E-state index in [1.165, 1.54) is 0 Å². The lowest BCUT2D eigenvalue weighted by Crippen LogP contribution is -2.32. The molecule has 1 saturated carbocycles. The highest BCUT2D eigenvalue weighted by molar-refractivity contribution is 6.05. The van der Waals surface area contributed by atoms with Gasteiger partial charge in [0.15, 0.2) is 5.78 Å². The quantitative estimate of drug-likeness (QED) is 0.695. The van der Waals surface area contributed by atoms with E-state index in [1.54, 1.807) is 0 Å². The zero-order valence-electron chi connectivity index (χ0n) is 7.71. The summed E-state index contributed by atoms with van der Waals surface area (Å²) in [6.07, 6.45) is 1.67. The van der Waals surface area contributed by atoms with Crippen LogP contribution in [0.25, 0.3) is 0 Å². The summed E-state index contributed by atoms with van der Waals surface area (Å²) in [6.45, 7) is 1.98. The third-order valence-corrected chi connectivity index (χ3v) is 2.52. The fourth-order valence-electron chi connectivity index (χ4n) is 1.44. The fourth-order valence-corrected chi connectivity index (χ4v) is 1.44. The lowest BCUT2D eigenvalue weighted by atomic mass is 10.0. The Morgan fingerprint density at radius 3 is 2.69 bits per heavy atom. The molecule has 0 aromatic heterocycles. The summed E-state index contributed by atoms with van der Waals surface area (Å²) in [7, 11) is 0. The first-order valence-corrected chi connectivity index (χ1v) is 4.52. The van der Waals surface area contributed by atoms with E-state index < -0.39 is 5.54 Å².